The van der Waals surface area contributed by atoms with E-state index >= 15 is 0 Å². The maximum absolute atomic E-state index is 13.8. The molecule has 0 saturated heterocycles. The van der Waals surface area contributed by atoms with Crippen LogP contribution in [0.2, 0.25) is 0 Å². The maximum Gasteiger partial charge on any atom is 0.420 e. The number of carbonyl (C=O) groups is 1. The Balaban J connectivity index is 0.000000752. The van der Waals surface area contributed by atoms with Crippen molar-refractivity contribution in [2.75, 3.05) is 38.8 Å². The number of fused-ring (bicyclic) bond motifs is 1. The Morgan fingerprint density at radius 3 is 2.16 bits per heavy atom. The fourth-order valence-electron chi connectivity index (χ4n) is 2.90. The molecule has 208 valence electrons. The van der Waals surface area contributed by atoms with Gasteiger partial charge in [-0.05, 0) is 62.3 Å². The quantitative estimate of drug-likeness (QED) is 0.241. The van der Waals surface area contributed by atoms with E-state index in [-0.39, 0.29) is 18.8 Å². The normalized spacial score (nSPS) is 14.8. The van der Waals surface area contributed by atoms with Crippen LogP contribution in [0.3, 0.4) is 0 Å². The van der Waals surface area contributed by atoms with Crippen LogP contribution in [0.25, 0.3) is 0 Å². The molecular weight excluding hydrogens is 522 g/mol. The zero-order valence-electron chi connectivity index (χ0n) is 21.3. The summed E-state index contributed by atoms with van der Waals surface area (Å²) in [5.74, 6) is -3.72. The minimum absolute atomic E-state index is 0.0625. The first-order valence-corrected chi connectivity index (χ1v) is 12.1. The van der Waals surface area contributed by atoms with Gasteiger partial charge in [-0.25, -0.2) is 17.5 Å². The summed E-state index contributed by atoms with van der Waals surface area (Å²) in [4.78, 5) is 13.1. The zero-order chi connectivity index (χ0) is 28.4. The summed E-state index contributed by atoms with van der Waals surface area (Å²) < 4.78 is 84.8. The molecule has 1 aliphatic heterocycles. The Morgan fingerprint density at radius 1 is 1.11 bits per heavy atom. The first-order valence-electron chi connectivity index (χ1n) is 11.3. The number of hydrogen-bond donors (Lipinski definition) is 1. The largest absolute Gasteiger partial charge is 0.492 e. The van der Waals surface area contributed by atoms with E-state index in [0.717, 1.165) is 20.1 Å². The van der Waals surface area contributed by atoms with Gasteiger partial charge < -0.3 is 19.5 Å². The molecule has 5 nitrogen and oxygen atoms in total. The van der Waals surface area contributed by atoms with Crippen molar-refractivity contribution in [1.82, 2.24) is 4.31 Å². The number of alkyl halides is 5. The van der Waals surface area contributed by atoms with Gasteiger partial charge in [0.25, 0.3) is 0 Å². The van der Waals surface area contributed by atoms with Gasteiger partial charge in [0.15, 0.2) is 0 Å². The number of hydrogen-bond acceptors (Lipinski definition) is 6. The predicted octanol–water partition coefficient (Wildman–Crippen LogP) is 6.81. The molecule has 3 rings (SSSR count). The first-order chi connectivity index (χ1) is 17.2. The van der Waals surface area contributed by atoms with Crippen molar-refractivity contribution in [3.8, 4) is 5.75 Å². The third-order valence-electron chi connectivity index (χ3n) is 5.04. The molecule has 0 radical (unpaired) electrons. The molecule has 1 N–H and O–H groups in total. The molecule has 1 atom stereocenters. The number of anilines is 2. The minimum Gasteiger partial charge on any atom is -0.492 e. The Hall–Kier alpha value is -2.44. The van der Waals surface area contributed by atoms with Gasteiger partial charge in [0.2, 0.25) is 5.92 Å². The highest BCUT2D eigenvalue weighted by atomic mass is 32.2. The maximum atomic E-state index is 13.8. The van der Waals surface area contributed by atoms with Crippen molar-refractivity contribution in [3.63, 3.8) is 0 Å². The van der Waals surface area contributed by atoms with E-state index in [9.17, 15) is 31.1 Å². The summed E-state index contributed by atoms with van der Waals surface area (Å²) in [5, 5.41) is 7.00. The Kier molecular flexibility index (Phi) is 12.8. The van der Waals surface area contributed by atoms with E-state index in [1.807, 2.05) is 11.4 Å². The van der Waals surface area contributed by atoms with Gasteiger partial charge in [-0.2, -0.15) is 13.2 Å². The van der Waals surface area contributed by atoms with Crippen molar-refractivity contribution in [2.24, 2.45) is 5.92 Å². The number of halogens is 6. The molecule has 0 aromatic heterocycles. The van der Waals surface area contributed by atoms with Gasteiger partial charge in [-0.15, -0.1) is 0 Å². The highest BCUT2D eigenvalue weighted by Crippen LogP contribution is 2.46. The number of ether oxygens (including phenoxy) is 1. The minimum atomic E-state index is -4.63. The summed E-state index contributed by atoms with van der Waals surface area (Å²) in [6, 6.07) is 8.06. The molecule has 0 spiro atoms. The lowest BCUT2D eigenvalue weighted by molar-refractivity contribution is -0.139. The fourth-order valence-corrected chi connectivity index (χ4v) is 3.83. The average Bonchev–Trinajstić information content (AvgIpc) is 3.00. The number of aliphatic hydroxyl groups excluding tert-OH is 1. The van der Waals surface area contributed by atoms with Gasteiger partial charge in [-0.3, -0.25) is 0 Å². The SMILES string of the molecule is CC(C=O)COc1cc2c(cc1C(F)(F)F)N(c1ccc(F)cc1)CCN(C)S2.CCC(C)(F)F.CO. The predicted molar refractivity (Wildman–Crippen MR) is 133 cm³/mol. The number of carbonyl (C=O) groups excluding carboxylic acids is 1. The second-order valence-corrected chi connectivity index (χ2v) is 9.48. The zero-order valence-corrected chi connectivity index (χ0v) is 22.1. The van der Waals surface area contributed by atoms with Crippen LogP contribution in [-0.4, -0.2) is 55.5 Å². The van der Waals surface area contributed by atoms with E-state index < -0.39 is 29.4 Å². The summed E-state index contributed by atoms with van der Waals surface area (Å²) in [6.07, 6.45) is -4.06. The molecule has 0 aliphatic carbocycles. The van der Waals surface area contributed by atoms with Crippen LogP contribution in [0, 0.1) is 11.7 Å². The van der Waals surface area contributed by atoms with Crippen molar-refractivity contribution in [2.45, 2.75) is 44.2 Å². The monoisotopic (exact) mass is 554 g/mol. The standard InChI is InChI=1S/C20H20F4N2O2S.C4H8F2.CH4O/c1-13(11-27)12-28-18-10-19-17(9-16(18)20(22,23)24)26(8-7-25(2)29-19)15-5-3-14(21)4-6-15;1-3-4(2,5)6;1-2/h3-6,9-11,13H,7-8,12H2,1-2H3;3H2,1-2H3;2H,1H3. The molecule has 37 heavy (non-hydrogen) atoms. The second kappa shape index (κ2) is 14.5. The number of benzene rings is 2. The molecule has 1 heterocycles. The van der Waals surface area contributed by atoms with E-state index in [2.05, 4.69) is 0 Å². The summed E-state index contributed by atoms with van der Waals surface area (Å²) >= 11 is 1.31. The lowest BCUT2D eigenvalue weighted by Crippen LogP contribution is -2.25. The molecule has 0 fully saturated rings. The Bertz CT molecular complexity index is 984. The van der Waals surface area contributed by atoms with Crippen LogP contribution < -0.4 is 9.64 Å². The topological polar surface area (TPSA) is 53.0 Å². The van der Waals surface area contributed by atoms with E-state index in [1.165, 1.54) is 37.1 Å². The molecule has 1 aliphatic rings. The van der Waals surface area contributed by atoms with E-state index in [1.54, 1.807) is 24.0 Å². The van der Waals surface area contributed by atoms with Crippen molar-refractivity contribution in [3.05, 3.63) is 47.8 Å². The Morgan fingerprint density at radius 2 is 1.68 bits per heavy atom. The van der Waals surface area contributed by atoms with Gasteiger partial charge >= 0.3 is 6.18 Å². The molecule has 0 bridgehead atoms. The third-order valence-corrected chi connectivity index (χ3v) is 6.06. The summed E-state index contributed by atoms with van der Waals surface area (Å²) in [7, 11) is 2.84. The van der Waals surface area contributed by atoms with Crippen LogP contribution in [-0.2, 0) is 11.0 Å². The molecule has 1 unspecified atom stereocenters. The van der Waals surface area contributed by atoms with Crippen molar-refractivity contribution >= 4 is 29.6 Å². The average molecular weight is 555 g/mol. The van der Waals surface area contributed by atoms with Crippen LogP contribution in [0.5, 0.6) is 5.75 Å². The Labute approximate surface area is 217 Å². The molecular formula is C25H32F6N2O3S. The second-order valence-electron chi connectivity index (χ2n) is 8.23. The van der Waals surface area contributed by atoms with Gasteiger partial charge in [0.05, 0.1) is 22.8 Å². The van der Waals surface area contributed by atoms with Gasteiger partial charge in [-0.1, -0.05) is 13.8 Å². The molecule has 2 aromatic rings. The number of likely N-dealkylation sites (N-methyl/N-ethyl adjacent to an activating group) is 1. The number of aliphatic hydroxyl groups is 1. The van der Waals surface area contributed by atoms with Crippen LogP contribution in [0.4, 0.5) is 37.7 Å². The first kappa shape index (κ1) is 32.6. The number of rotatable bonds is 6. The smallest absolute Gasteiger partial charge is 0.420 e. The lowest BCUT2D eigenvalue weighted by atomic mass is 10.1. The molecule has 12 heteroatoms. The van der Waals surface area contributed by atoms with E-state index in [4.69, 9.17) is 9.84 Å². The van der Waals surface area contributed by atoms with E-state index in [0.29, 0.717) is 35.6 Å². The van der Waals surface area contributed by atoms with Gasteiger partial charge in [0.1, 0.15) is 17.9 Å². The van der Waals surface area contributed by atoms with Crippen molar-refractivity contribution in [1.29, 1.82) is 0 Å². The highest BCUT2D eigenvalue weighted by Gasteiger charge is 2.37. The summed E-state index contributed by atoms with van der Waals surface area (Å²) in [5.41, 5.74) is 0.0561. The van der Waals surface area contributed by atoms with Crippen LogP contribution in [0.15, 0.2) is 41.3 Å². The molecule has 0 saturated carbocycles. The third kappa shape index (κ3) is 10.4. The lowest BCUT2D eigenvalue weighted by Gasteiger charge is -2.26. The van der Waals surface area contributed by atoms with Crippen LogP contribution >= 0.6 is 11.9 Å². The molecule has 0 amide bonds. The number of nitrogens with zero attached hydrogens (tertiary/aromatic N) is 2. The van der Waals surface area contributed by atoms with Gasteiger partial charge in [0, 0.05) is 38.2 Å². The van der Waals surface area contributed by atoms with Crippen LogP contribution in [0.1, 0.15) is 32.8 Å². The summed E-state index contributed by atoms with van der Waals surface area (Å²) in [6.45, 7) is 4.81. The highest BCUT2D eigenvalue weighted by molar-refractivity contribution is 7.97. The molecule has 2 aromatic carbocycles. The number of aldehydes is 1. The fraction of sp³-hybridized carbons (Fsp3) is 0.480. The van der Waals surface area contributed by atoms with Crippen molar-refractivity contribution < 1.29 is 41.0 Å².